The predicted molar refractivity (Wildman–Crippen MR) is 85.3 cm³/mol. The van der Waals surface area contributed by atoms with Crippen molar-refractivity contribution in [3.8, 4) is 0 Å². The van der Waals surface area contributed by atoms with Crippen molar-refractivity contribution < 1.29 is 9.21 Å². The van der Waals surface area contributed by atoms with Crippen LogP contribution >= 0.6 is 0 Å². The third-order valence-corrected chi connectivity index (χ3v) is 4.25. The lowest BCUT2D eigenvalue weighted by Crippen LogP contribution is -2.27. The van der Waals surface area contributed by atoms with Gasteiger partial charge in [-0.15, -0.1) is 0 Å². The Kier molecular flexibility index (Phi) is 4.69. The Bertz CT molecular complexity index is 709. The Morgan fingerprint density at radius 2 is 2.13 bits per heavy atom. The molecule has 0 aliphatic heterocycles. The molecule has 1 amide bonds. The average molecular weight is 314 g/mol. The van der Waals surface area contributed by atoms with Gasteiger partial charge in [0.1, 0.15) is 11.6 Å². The number of nitrogens with zero attached hydrogens (tertiary/aromatic N) is 3. The summed E-state index contributed by atoms with van der Waals surface area (Å²) in [5, 5.41) is 2.87. The van der Waals surface area contributed by atoms with Gasteiger partial charge in [0.25, 0.3) is 5.91 Å². The van der Waals surface area contributed by atoms with E-state index in [1.807, 2.05) is 6.92 Å². The van der Waals surface area contributed by atoms with Crippen molar-refractivity contribution in [3.63, 3.8) is 0 Å². The number of oxazole rings is 1. The van der Waals surface area contributed by atoms with Gasteiger partial charge in [-0.05, 0) is 38.2 Å². The van der Waals surface area contributed by atoms with E-state index in [1.165, 1.54) is 30.5 Å². The van der Waals surface area contributed by atoms with Crippen LogP contribution in [-0.2, 0) is 25.7 Å². The molecule has 0 bridgehead atoms. The van der Waals surface area contributed by atoms with Crippen LogP contribution in [0.5, 0.6) is 0 Å². The summed E-state index contributed by atoms with van der Waals surface area (Å²) in [5.41, 5.74) is 3.96. The molecule has 23 heavy (non-hydrogen) atoms. The van der Waals surface area contributed by atoms with Gasteiger partial charge in [0.2, 0.25) is 0 Å². The van der Waals surface area contributed by atoms with E-state index >= 15 is 0 Å². The number of hydrogen-bond acceptors (Lipinski definition) is 5. The smallest absolute Gasteiger partial charge is 0.273 e. The molecule has 0 fully saturated rings. The van der Waals surface area contributed by atoms with Crippen molar-refractivity contribution in [2.24, 2.45) is 0 Å². The molecule has 0 saturated heterocycles. The van der Waals surface area contributed by atoms with Crippen molar-refractivity contribution in [2.75, 3.05) is 6.54 Å². The minimum Gasteiger partial charge on any atom is -0.448 e. The standard InChI is InChI=1S/C17H22N4O2/c1-3-14-16(19-10-23-14)17(22)18-9-8-15-20-11(2)12-6-4-5-7-13(12)21-15/h10H,3-9H2,1-2H3,(H,18,22). The van der Waals surface area contributed by atoms with E-state index in [2.05, 4.69) is 27.2 Å². The first-order valence-corrected chi connectivity index (χ1v) is 8.25. The number of hydrogen-bond donors (Lipinski definition) is 1. The van der Waals surface area contributed by atoms with Crippen molar-refractivity contribution in [2.45, 2.75) is 52.4 Å². The van der Waals surface area contributed by atoms with Gasteiger partial charge in [0.15, 0.2) is 12.1 Å². The van der Waals surface area contributed by atoms with Crippen LogP contribution in [0.4, 0.5) is 0 Å². The van der Waals surface area contributed by atoms with E-state index in [9.17, 15) is 4.79 Å². The van der Waals surface area contributed by atoms with E-state index in [0.29, 0.717) is 30.8 Å². The van der Waals surface area contributed by atoms with Gasteiger partial charge in [0.05, 0.1) is 0 Å². The second-order valence-corrected chi connectivity index (χ2v) is 5.84. The van der Waals surface area contributed by atoms with Crippen LogP contribution in [0.1, 0.15) is 58.8 Å². The van der Waals surface area contributed by atoms with Crippen LogP contribution in [0.15, 0.2) is 10.8 Å². The quantitative estimate of drug-likeness (QED) is 0.915. The Labute approximate surface area is 135 Å². The number of rotatable bonds is 5. The van der Waals surface area contributed by atoms with E-state index in [4.69, 9.17) is 4.42 Å². The highest BCUT2D eigenvalue weighted by molar-refractivity contribution is 5.93. The molecule has 0 atom stereocenters. The molecule has 0 aromatic carbocycles. The van der Waals surface area contributed by atoms with E-state index in [1.54, 1.807) is 0 Å². The molecule has 6 nitrogen and oxygen atoms in total. The van der Waals surface area contributed by atoms with Crippen LogP contribution in [0.25, 0.3) is 0 Å². The Morgan fingerprint density at radius 1 is 1.30 bits per heavy atom. The fourth-order valence-electron chi connectivity index (χ4n) is 3.03. The van der Waals surface area contributed by atoms with Gasteiger partial charge in [-0.1, -0.05) is 6.92 Å². The molecule has 1 aliphatic rings. The lowest BCUT2D eigenvalue weighted by atomic mass is 9.95. The third-order valence-electron chi connectivity index (χ3n) is 4.25. The first-order valence-electron chi connectivity index (χ1n) is 8.25. The number of aromatic nitrogens is 3. The molecule has 3 rings (SSSR count). The molecule has 0 unspecified atom stereocenters. The van der Waals surface area contributed by atoms with Gasteiger partial charge in [-0.3, -0.25) is 4.79 Å². The molecule has 0 spiro atoms. The van der Waals surface area contributed by atoms with Gasteiger partial charge >= 0.3 is 0 Å². The average Bonchev–Trinajstić information content (AvgIpc) is 3.03. The van der Waals surface area contributed by atoms with Crippen LogP contribution < -0.4 is 5.32 Å². The number of carbonyl (C=O) groups is 1. The minimum absolute atomic E-state index is 0.203. The Morgan fingerprint density at radius 3 is 2.96 bits per heavy atom. The lowest BCUT2D eigenvalue weighted by molar-refractivity contribution is 0.0947. The first-order chi connectivity index (χ1) is 11.2. The summed E-state index contributed by atoms with van der Waals surface area (Å²) in [6.45, 7) is 4.48. The highest BCUT2D eigenvalue weighted by Gasteiger charge is 2.17. The van der Waals surface area contributed by atoms with Crippen LogP contribution in [-0.4, -0.2) is 27.4 Å². The molecule has 2 aromatic rings. The van der Waals surface area contributed by atoms with Crippen molar-refractivity contribution in [1.29, 1.82) is 0 Å². The Hall–Kier alpha value is -2.24. The zero-order chi connectivity index (χ0) is 16.2. The number of amides is 1. The predicted octanol–water partition coefficient (Wildman–Crippen LogP) is 2.19. The molecule has 1 N–H and O–H groups in total. The van der Waals surface area contributed by atoms with Gasteiger partial charge in [-0.2, -0.15) is 0 Å². The van der Waals surface area contributed by atoms with Crippen molar-refractivity contribution >= 4 is 5.91 Å². The molecule has 122 valence electrons. The number of nitrogens with one attached hydrogen (secondary N) is 1. The fourth-order valence-corrected chi connectivity index (χ4v) is 3.03. The van der Waals surface area contributed by atoms with E-state index < -0.39 is 0 Å². The minimum atomic E-state index is -0.203. The van der Waals surface area contributed by atoms with Gasteiger partial charge in [-0.25, -0.2) is 15.0 Å². The number of aryl methyl sites for hydroxylation is 3. The van der Waals surface area contributed by atoms with Crippen LogP contribution in [0.3, 0.4) is 0 Å². The highest BCUT2D eigenvalue weighted by Crippen LogP contribution is 2.21. The summed E-state index contributed by atoms with van der Waals surface area (Å²) in [4.78, 5) is 25.3. The highest BCUT2D eigenvalue weighted by atomic mass is 16.3. The van der Waals surface area contributed by atoms with E-state index in [-0.39, 0.29) is 5.91 Å². The molecule has 2 heterocycles. The maximum absolute atomic E-state index is 12.1. The molecule has 2 aromatic heterocycles. The van der Waals surface area contributed by atoms with Crippen LogP contribution in [0.2, 0.25) is 0 Å². The Balaban J connectivity index is 1.61. The van der Waals surface area contributed by atoms with Crippen LogP contribution in [0, 0.1) is 6.92 Å². The molecular weight excluding hydrogens is 292 g/mol. The third kappa shape index (κ3) is 3.41. The summed E-state index contributed by atoms with van der Waals surface area (Å²) >= 11 is 0. The number of carbonyl (C=O) groups excluding carboxylic acids is 1. The molecule has 1 aliphatic carbocycles. The summed E-state index contributed by atoms with van der Waals surface area (Å²) in [5.74, 6) is 1.22. The SMILES string of the molecule is CCc1ocnc1C(=O)NCCc1nc(C)c2c(n1)CCCC2. The summed E-state index contributed by atoms with van der Waals surface area (Å²) < 4.78 is 5.18. The normalized spacial score (nSPS) is 13.7. The van der Waals surface area contributed by atoms with Crippen molar-refractivity contribution in [1.82, 2.24) is 20.3 Å². The summed E-state index contributed by atoms with van der Waals surface area (Å²) in [6, 6.07) is 0. The van der Waals surface area contributed by atoms with Crippen molar-refractivity contribution in [3.05, 3.63) is 40.6 Å². The summed E-state index contributed by atoms with van der Waals surface area (Å²) in [7, 11) is 0. The maximum atomic E-state index is 12.1. The second-order valence-electron chi connectivity index (χ2n) is 5.84. The topological polar surface area (TPSA) is 80.9 Å². The fraction of sp³-hybridized carbons (Fsp3) is 0.529. The molecule has 6 heteroatoms. The maximum Gasteiger partial charge on any atom is 0.273 e. The molecule has 0 saturated carbocycles. The molecular formula is C17H22N4O2. The first kappa shape index (κ1) is 15.6. The van der Waals surface area contributed by atoms with Gasteiger partial charge in [0, 0.05) is 30.8 Å². The lowest BCUT2D eigenvalue weighted by Gasteiger charge is -2.17. The second kappa shape index (κ2) is 6.89. The zero-order valence-electron chi connectivity index (χ0n) is 13.7. The number of fused-ring (bicyclic) bond motifs is 1. The van der Waals surface area contributed by atoms with Gasteiger partial charge < -0.3 is 9.73 Å². The zero-order valence-corrected chi connectivity index (χ0v) is 13.7. The largest absolute Gasteiger partial charge is 0.448 e. The summed E-state index contributed by atoms with van der Waals surface area (Å²) in [6.07, 6.45) is 7.13. The molecule has 0 radical (unpaired) electrons. The monoisotopic (exact) mass is 314 g/mol. The van der Waals surface area contributed by atoms with E-state index in [0.717, 1.165) is 24.4 Å².